The Morgan fingerprint density at radius 1 is 0.745 bits per heavy atom. The molecule has 263 valence electrons. The Morgan fingerprint density at radius 3 is 2.14 bits per heavy atom. The molecule has 0 fully saturated rings. The molecule has 0 unspecified atom stereocenters. The van der Waals surface area contributed by atoms with Gasteiger partial charge in [0.15, 0.2) is 0 Å². The largest absolute Gasteiger partial charge is 0.305 e. The van der Waals surface area contributed by atoms with Crippen molar-refractivity contribution in [2.45, 2.75) is 79.4 Å². The fraction of sp³-hybridized carbons (Fsp3) is 0.261. The van der Waals surface area contributed by atoms with Gasteiger partial charge in [-0.05, 0) is 66.8 Å². The number of fused-ring (bicyclic) bond motifs is 3. The molecule has 0 atom stereocenters. The molecular weight excluding hydrogens is 833 g/mol. The van der Waals surface area contributed by atoms with E-state index in [2.05, 4.69) is 170 Å². The number of pyridine rings is 2. The van der Waals surface area contributed by atoms with E-state index < -0.39 is 8.07 Å². The number of nitrogens with zero attached hydrogens (tertiary/aromatic N) is 2. The molecule has 5 heteroatoms. The molecule has 7 rings (SSSR count). The second kappa shape index (κ2) is 15.5. The molecule has 0 aliphatic carbocycles. The van der Waals surface area contributed by atoms with Gasteiger partial charge in [0, 0.05) is 37.2 Å². The minimum absolute atomic E-state index is 0. The molecule has 0 aliphatic rings. The SMILES string of the molecule is CC(C)(C)c1ccnc(-c2[c-]ccc3c2sc2cc(-c4ccccc4)ccc23)c1.Cc1c[c-]c(-c2cc(C(C)C)c([Si](C)(C)C)cn2)c(C)c1.[Ir]. The van der Waals surface area contributed by atoms with Crippen molar-refractivity contribution in [2.24, 2.45) is 0 Å². The number of hydrogen-bond donors (Lipinski definition) is 0. The number of aryl methyl sites for hydroxylation is 2. The second-order valence-electron chi connectivity index (χ2n) is 15.8. The van der Waals surface area contributed by atoms with Crippen LogP contribution in [0.25, 0.3) is 53.8 Å². The summed E-state index contributed by atoms with van der Waals surface area (Å²) < 4.78 is 2.56. The summed E-state index contributed by atoms with van der Waals surface area (Å²) in [6.07, 6.45) is 4.04. The quantitative estimate of drug-likeness (QED) is 0.127. The van der Waals surface area contributed by atoms with E-state index in [-0.39, 0.29) is 25.5 Å². The Hall–Kier alpha value is -3.73. The van der Waals surface area contributed by atoms with Crippen LogP contribution in [0, 0.1) is 26.0 Å². The smallest absolute Gasteiger partial charge is 0.0799 e. The number of benzene rings is 4. The van der Waals surface area contributed by atoms with Crippen LogP contribution in [0.1, 0.15) is 62.8 Å². The van der Waals surface area contributed by atoms with Crippen LogP contribution in [0.2, 0.25) is 19.6 Å². The van der Waals surface area contributed by atoms with E-state index in [9.17, 15) is 0 Å². The standard InChI is InChI=1S/C27H22NS.C19H26NSi.Ir/c1-27(2,3)20-14-15-28-24(17-20)23-11-7-10-22-21-13-12-19(16-25(21)29-26(22)23)18-8-5-4-6-9-18;1-13(2)17-11-18(20-12-19(17)21(5,6)7)16-9-8-14(3)10-15(16)4;/h4-10,12-17H,1-3H3;8,10-13H,1-7H3;/q2*-1;. The molecule has 51 heavy (non-hydrogen) atoms. The fourth-order valence-electron chi connectivity index (χ4n) is 6.52. The van der Waals surface area contributed by atoms with Crippen molar-refractivity contribution in [3.05, 3.63) is 138 Å². The van der Waals surface area contributed by atoms with Gasteiger partial charge in [0.1, 0.15) is 0 Å². The topological polar surface area (TPSA) is 25.8 Å². The van der Waals surface area contributed by atoms with Crippen molar-refractivity contribution < 1.29 is 20.1 Å². The van der Waals surface area contributed by atoms with Gasteiger partial charge in [0.25, 0.3) is 0 Å². The molecule has 0 bridgehead atoms. The van der Waals surface area contributed by atoms with E-state index in [1.165, 1.54) is 58.7 Å². The summed E-state index contributed by atoms with van der Waals surface area (Å²) in [5.74, 6) is 0.527. The average Bonchev–Trinajstić information content (AvgIpc) is 3.46. The van der Waals surface area contributed by atoms with Gasteiger partial charge in [-0.15, -0.1) is 58.7 Å². The maximum Gasteiger partial charge on any atom is 0.0799 e. The van der Waals surface area contributed by atoms with Crippen LogP contribution in [0.4, 0.5) is 0 Å². The van der Waals surface area contributed by atoms with Gasteiger partial charge in [0.05, 0.1) is 8.07 Å². The summed E-state index contributed by atoms with van der Waals surface area (Å²) in [7, 11) is -1.36. The van der Waals surface area contributed by atoms with Gasteiger partial charge in [-0.2, -0.15) is 11.3 Å². The van der Waals surface area contributed by atoms with Gasteiger partial charge >= 0.3 is 0 Å². The molecule has 0 saturated carbocycles. The van der Waals surface area contributed by atoms with Crippen LogP contribution in [-0.2, 0) is 25.5 Å². The first-order valence-corrected chi connectivity index (χ1v) is 21.9. The van der Waals surface area contributed by atoms with Crippen molar-refractivity contribution in [3.63, 3.8) is 0 Å². The van der Waals surface area contributed by atoms with E-state index in [0.29, 0.717) is 5.92 Å². The molecule has 3 aromatic heterocycles. The van der Waals surface area contributed by atoms with Crippen molar-refractivity contribution in [3.8, 4) is 33.6 Å². The maximum absolute atomic E-state index is 4.75. The minimum Gasteiger partial charge on any atom is -0.305 e. The second-order valence-corrected chi connectivity index (χ2v) is 21.8. The third-order valence-electron chi connectivity index (χ3n) is 9.33. The summed E-state index contributed by atoms with van der Waals surface area (Å²) in [4.78, 5) is 9.44. The Morgan fingerprint density at radius 2 is 1.47 bits per heavy atom. The Balaban J connectivity index is 0.000000205. The summed E-state index contributed by atoms with van der Waals surface area (Å²) in [6.45, 7) is 22.7. The first kappa shape index (κ1) is 38.5. The molecule has 0 saturated heterocycles. The average molecular weight is 881 g/mol. The minimum atomic E-state index is -1.36. The van der Waals surface area contributed by atoms with E-state index in [0.717, 1.165) is 22.5 Å². The summed E-state index contributed by atoms with van der Waals surface area (Å²) in [5.41, 5.74) is 12.1. The van der Waals surface area contributed by atoms with Crippen LogP contribution < -0.4 is 5.19 Å². The Bertz CT molecular complexity index is 2290. The summed E-state index contributed by atoms with van der Waals surface area (Å²) in [6, 6.07) is 39.3. The molecule has 4 aromatic carbocycles. The van der Waals surface area contributed by atoms with Crippen LogP contribution in [0.3, 0.4) is 0 Å². The van der Waals surface area contributed by atoms with Crippen LogP contribution in [-0.4, -0.2) is 18.0 Å². The third kappa shape index (κ3) is 8.50. The molecule has 2 nitrogen and oxygen atoms in total. The number of hydrogen-bond acceptors (Lipinski definition) is 3. The molecule has 3 heterocycles. The molecule has 0 amide bonds. The van der Waals surface area contributed by atoms with Crippen LogP contribution in [0.15, 0.2) is 103 Å². The molecule has 0 spiro atoms. The normalized spacial score (nSPS) is 11.7. The van der Waals surface area contributed by atoms with Gasteiger partial charge in [-0.3, -0.25) is 0 Å². The zero-order chi connectivity index (χ0) is 35.8. The summed E-state index contributed by atoms with van der Waals surface area (Å²) in [5, 5.41) is 4.05. The van der Waals surface area contributed by atoms with Gasteiger partial charge in [0.2, 0.25) is 0 Å². The monoisotopic (exact) mass is 881 g/mol. The zero-order valence-corrected chi connectivity index (χ0v) is 35.7. The molecular formula is C46H48IrN2SSi-2. The molecule has 7 aromatic rings. The number of thiophene rings is 1. The van der Waals surface area contributed by atoms with E-state index >= 15 is 0 Å². The number of aromatic nitrogens is 2. The van der Waals surface area contributed by atoms with Crippen molar-refractivity contribution >= 4 is 44.8 Å². The Kier molecular flexibility index (Phi) is 11.7. The number of rotatable bonds is 5. The van der Waals surface area contributed by atoms with Crippen molar-refractivity contribution in [2.75, 3.05) is 0 Å². The van der Waals surface area contributed by atoms with Crippen molar-refractivity contribution in [1.82, 2.24) is 9.97 Å². The molecule has 1 radical (unpaired) electrons. The van der Waals surface area contributed by atoms with Crippen LogP contribution >= 0.6 is 11.3 Å². The first-order valence-electron chi connectivity index (χ1n) is 17.6. The first-order chi connectivity index (χ1) is 23.7. The predicted octanol–water partition coefficient (Wildman–Crippen LogP) is 12.7. The zero-order valence-electron chi connectivity index (χ0n) is 31.5. The maximum atomic E-state index is 4.75. The van der Waals surface area contributed by atoms with Gasteiger partial charge < -0.3 is 9.97 Å². The van der Waals surface area contributed by atoms with Gasteiger partial charge in [-0.1, -0.05) is 134 Å². The summed E-state index contributed by atoms with van der Waals surface area (Å²) >= 11 is 1.83. The van der Waals surface area contributed by atoms with E-state index in [1.807, 2.05) is 29.7 Å². The fourth-order valence-corrected chi connectivity index (χ4v) is 9.44. The van der Waals surface area contributed by atoms with Crippen molar-refractivity contribution in [1.29, 1.82) is 0 Å². The van der Waals surface area contributed by atoms with Crippen LogP contribution in [0.5, 0.6) is 0 Å². The third-order valence-corrected chi connectivity index (χ3v) is 12.5. The predicted molar refractivity (Wildman–Crippen MR) is 221 cm³/mol. The molecule has 0 N–H and O–H groups in total. The van der Waals surface area contributed by atoms with E-state index in [1.54, 1.807) is 0 Å². The Labute approximate surface area is 323 Å². The van der Waals surface area contributed by atoms with Gasteiger partial charge in [-0.25, -0.2) is 0 Å². The molecule has 0 aliphatic heterocycles. The van der Waals surface area contributed by atoms with E-state index in [4.69, 9.17) is 4.98 Å².